The van der Waals surface area contributed by atoms with Crippen molar-refractivity contribution in [3.8, 4) is 0 Å². The van der Waals surface area contributed by atoms with Crippen molar-refractivity contribution in [2.24, 2.45) is 0 Å². The monoisotopic (exact) mass is 189 g/mol. The fourth-order valence-corrected chi connectivity index (χ4v) is 1.08. The minimum atomic E-state index is -4.27. The van der Waals surface area contributed by atoms with Crippen LogP contribution in [-0.2, 0) is 9.84 Å². The van der Waals surface area contributed by atoms with Gasteiger partial charge in [0, 0.05) is 6.42 Å². The summed E-state index contributed by atoms with van der Waals surface area (Å²) in [5.74, 6) is -0.507. The molecule has 0 aliphatic heterocycles. The van der Waals surface area contributed by atoms with Crippen LogP contribution in [-0.4, -0.2) is 20.3 Å². The Balaban J connectivity index is 3.61. The van der Waals surface area contributed by atoms with Crippen molar-refractivity contribution in [2.45, 2.75) is 19.0 Å². The van der Waals surface area contributed by atoms with E-state index in [0.717, 1.165) is 0 Å². The largest absolute Gasteiger partial charge is 0.389 e. The normalized spacial score (nSPS) is 13.5. The van der Waals surface area contributed by atoms with Crippen LogP contribution < -0.4 is 0 Å². The van der Waals surface area contributed by atoms with Crippen molar-refractivity contribution in [3.63, 3.8) is 0 Å². The summed E-state index contributed by atoms with van der Waals surface area (Å²) in [6.45, 7) is 0. The molecule has 0 atom stereocenters. The maximum absolute atomic E-state index is 11.4. The van der Waals surface area contributed by atoms with Crippen molar-refractivity contribution in [2.75, 3.05) is 5.75 Å². The van der Waals surface area contributed by atoms with Crippen LogP contribution in [0, 0.1) is 6.26 Å². The molecule has 67 valence electrons. The highest BCUT2D eigenvalue weighted by atomic mass is 32.2. The summed E-state index contributed by atoms with van der Waals surface area (Å²) in [4.78, 5) is 0. The van der Waals surface area contributed by atoms with Crippen molar-refractivity contribution < 1.29 is 21.6 Å². The Hall–Kier alpha value is -0.260. The van der Waals surface area contributed by atoms with Crippen molar-refractivity contribution >= 4 is 9.84 Å². The molecule has 0 saturated carbocycles. The van der Waals surface area contributed by atoms with Gasteiger partial charge in [0.25, 0.3) is 0 Å². The first-order chi connectivity index (χ1) is 4.71. The second-order valence-electron chi connectivity index (χ2n) is 2.17. The molecule has 0 bridgehead atoms. The third kappa shape index (κ3) is 9.74. The van der Waals surface area contributed by atoms with E-state index >= 15 is 0 Å². The first-order valence-electron chi connectivity index (χ1n) is 2.83. The number of hydrogen-bond acceptors (Lipinski definition) is 2. The van der Waals surface area contributed by atoms with Crippen LogP contribution in [0.1, 0.15) is 12.8 Å². The fourth-order valence-electron chi connectivity index (χ4n) is 0.493. The molecule has 0 heterocycles. The van der Waals surface area contributed by atoms with Gasteiger partial charge in [-0.15, -0.1) is 0 Å². The van der Waals surface area contributed by atoms with E-state index in [9.17, 15) is 21.6 Å². The predicted molar refractivity (Wildman–Crippen MR) is 34.4 cm³/mol. The molecule has 0 spiro atoms. The van der Waals surface area contributed by atoms with Crippen LogP contribution in [0.4, 0.5) is 13.2 Å². The summed E-state index contributed by atoms with van der Waals surface area (Å²) in [7, 11) is -3.50. The van der Waals surface area contributed by atoms with E-state index in [-0.39, 0.29) is 0 Å². The molecule has 0 fully saturated rings. The van der Waals surface area contributed by atoms with Gasteiger partial charge in [-0.25, -0.2) is 8.42 Å². The Kier molecular flexibility index (Phi) is 3.34. The van der Waals surface area contributed by atoms with Gasteiger partial charge in [0.2, 0.25) is 0 Å². The van der Waals surface area contributed by atoms with E-state index in [1.807, 2.05) is 0 Å². The van der Waals surface area contributed by atoms with Gasteiger partial charge < -0.3 is 0 Å². The zero-order chi connectivity index (χ0) is 9.12. The molecule has 0 aromatic heterocycles. The van der Waals surface area contributed by atoms with E-state index in [0.29, 0.717) is 0 Å². The summed E-state index contributed by atoms with van der Waals surface area (Å²) in [5.41, 5.74) is 0. The highest BCUT2D eigenvalue weighted by Gasteiger charge is 2.26. The molecule has 0 aliphatic carbocycles. The van der Waals surface area contributed by atoms with Gasteiger partial charge >= 0.3 is 6.18 Å². The average Bonchev–Trinajstić information content (AvgIpc) is 1.55. The molecule has 0 rings (SSSR count). The lowest BCUT2D eigenvalue weighted by atomic mass is 10.3. The zero-order valence-electron chi connectivity index (χ0n) is 5.69. The highest BCUT2D eigenvalue weighted by molar-refractivity contribution is 7.92. The van der Waals surface area contributed by atoms with Gasteiger partial charge in [-0.05, 0) is 6.42 Å². The molecule has 0 aromatic rings. The van der Waals surface area contributed by atoms with E-state index in [2.05, 4.69) is 6.26 Å². The van der Waals surface area contributed by atoms with Crippen LogP contribution in [0.3, 0.4) is 0 Å². The standard InChI is InChI=1S/C5H8F3O2S/c1-11(9,10)4-2-3-5(6,7)8/h1-4H2. The first kappa shape index (κ1) is 10.7. The second kappa shape index (κ2) is 3.42. The number of halogens is 3. The minimum absolute atomic E-state index is 0.407. The second-order valence-corrected chi connectivity index (χ2v) is 4.06. The summed E-state index contributed by atoms with van der Waals surface area (Å²) >= 11 is 0. The maximum Gasteiger partial charge on any atom is 0.389 e. The Morgan fingerprint density at radius 1 is 1.27 bits per heavy atom. The molecule has 6 heteroatoms. The van der Waals surface area contributed by atoms with E-state index in [1.54, 1.807) is 0 Å². The van der Waals surface area contributed by atoms with E-state index in [4.69, 9.17) is 0 Å². The molecular weight excluding hydrogens is 181 g/mol. The van der Waals surface area contributed by atoms with Gasteiger partial charge in [0.1, 0.15) is 0 Å². The lowest BCUT2D eigenvalue weighted by Gasteiger charge is -2.03. The molecule has 0 saturated heterocycles. The first-order valence-corrected chi connectivity index (χ1v) is 4.65. The minimum Gasteiger partial charge on any atom is -0.229 e. The Morgan fingerprint density at radius 3 is 2.00 bits per heavy atom. The molecule has 0 amide bonds. The van der Waals surface area contributed by atoms with E-state index in [1.165, 1.54) is 0 Å². The molecule has 0 aromatic carbocycles. The number of hydrogen-bond donors (Lipinski definition) is 0. The number of rotatable bonds is 3. The lowest BCUT2D eigenvalue weighted by molar-refractivity contribution is -0.134. The molecule has 1 radical (unpaired) electrons. The van der Waals surface area contributed by atoms with Crippen molar-refractivity contribution in [1.82, 2.24) is 0 Å². The quantitative estimate of drug-likeness (QED) is 0.674. The maximum atomic E-state index is 11.4. The SMILES string of the molecule is [CH2]S(=O)(=O)CCCC(F)(F)F. The number of sulfone groups is 1. The molecule has 0 N–H and O–H groups in total. The van der Waals surface area contributed by atoms with Gasteiger partial charge in [0.15, 0.2) is 9.84 Å². The van der Waals surface area contributed by atoms with Gasteiger partial charge in [-0.2, -0.15) is 13.2 Å². The van der Waals surface area contributed by atoms with Crippen LogP contribution in [0.2, 0.25) is 0 Å². The van der Waals surface area contributed by atoms with Crippen molar-refractivity contribution in [3.05, 3.63) is 6.26 Å². The molecule has 0 aliphatic rings. The van der Waals surface area contributed by atoms with Gasteiger partial charge in [-0.3, -0.25) is 0 Å². The smallest absolute Gasteiger partial charge is 0.229 e. The summed E-state index contributed by atoms with van der Waals surface area (Å²) in [6, 6.07) is 0. The van der Waals surface area contributed by atoms with Crippen LogP contribution in [0.15, 0.2) is 0 Å². The van der Waals surface area contributed by atoms with Gasteiger partial charge in [-0.1, -0.05) is 0 Å². The lowest BCUT2D eigenvalue weighted by Crippen LogP contribution is -2.10. The third-order valence-corrected chi connectivity index (χ3v) is 1.83. The molecule has 0 unspecified atom stereocenters. The van der Waals surface area contributed by atoms with Crippen LogP contribution >= 0.6 is 0 Å². The third-order valence-electron chi connectivity index (χ3n) is 0.916. The summed E-state index contributed by atoms with van der Waals surface area (Å²) in [6.07, 6.45) is -3.05. The van der Waals surface area contributed by atoms with Gasteiger partial charge in [0.05, 0.1) is 12.0 Å². The summed E-state index contributed by atoms with van der Waals surface area (Å²) in [5, 5.41) is 0. The summed E-state index contributed by atoms with van der Waals surface area (Å²) < 4.78 is 54.7. The topological polar surface area (TPSA) is 34.1 Å². The average molecular weight is 189 g/mol. The Bertz CT molecular complexity index is 204. The Morgan fingerprint density at radius 2 is 1.73 bits per heavy atom. The number of alkyl halides is 3. The Labute approximate surface area is 63.3 Å². The van der Waals surface area contributed by atoms with Crippen molar-refractivity contribution in [1.29, 1.82) is 0 Å². The molecule has 2 nitrogen and oxygen atoms in total. The van der Waals surface area contributed by atoms with E-state index < -0.39 is 34.6 Å². The van der Waals surface area contributed by atoms with Crippen LogP contribution in [0.5, 0.6) is 0 Å². The molecular formula is C5H8F3O2S. The zero-order valence-corrected chi connectivity index (χ0v) is 6.50. The fraction of sp³-hybridized carbons (Fsp3) is 0.800. The molecule has 11 heavy (non-hydrogen) atoms. The highest BCUT2D eigenvalue weighted by Crippen LogP contribution is 2.21. The predicted octanol–water partition coefficient (Wildman–Crippen LogP) is 1.54. The van der Waals surface area contributed by atoms with Crippen LogP contribution in [0.25, 0.3) is 0 Å².